The lowest BCUT2D eigenvalue weighted by Crippen LogP contribution is -2.40. The highest BCUT2D eigenvalue weighted by Crippen LogP contribution is 2.21. The Morgan fingerprint density at radius 2 is 2.00 bits per heavy atom. The third kappa shape index (κ3) is 5.21. The molecule has 19 heavy (non-hydrogen) atoms. The van der Waals surface area contributed by atoms with E-state index in [0.29, 0.717) is 6.54 Å². The number of aryl methyl sites for hydroxylation is 1. The molecule has 0 atom stereocenters. The minimum absolute atomic E-state index is 0.0222. The SMILES string of the molecule is CNC(=O)CNC(=O)NCc1ccc(C)cc1SC. The number of carbonyl (C=O) groups excluding carboxylic acids is 2. The molecular weight excluding hydrogens is 262 g/mol. The second-order valence-corrected chi connectivity index (χ2v) is 4.87. The molecule has 0 heterocycles. The lowest BCUT2D eigenvalue weighted by atomic mass is 10.1. The van der Waals surface area contributed by atoms with Crippen molar-refractivity contribution in [3.63, 3.8) is 0 Å². The lowest BCUT2D eigenvalue weighted by Gasteiger charge is -2.10. The van der Waals surface area contributed by atoms with Gasteiger partial charge in [-0.2, -0.15) is 0 Å². The molecule has 6 heteroatoms. The smallest absolute Gasteiger partial charge is 0.315 e. The Morgan fingerprint density at radius 3 is 2.63 bits per heavy atom. The summed E-state index contributed by atoms with van der Waals surface area (Å²) in [5, 5.41) is 7.65. The number of urea groups is 1. The topological polar surface area (TPSA) is 70.2 Å². The molecule has 104 valence electrons. The maximum absolute atomic E-state index is 11.5. The third-order valence-electron chi connectivity index (χ3n) is 2.57. The van der Waals surface area contributed by atoms with E-state index in [9.17, 15) is 9.59 Å². The Kier molecular flexibility index (Phi) is 6.21. The molecule has 1 aromatic carbocycles. The van der Waals surface area contributed by atoms with Crippen molar-refractivity contribution in [1.82, 2.24) is 16.0 Å². The molecule has 1 rings (SSSR count). The van der Waals surface area contributed by atoms with Crippen molar-refractivity contribution < 1.29 is 9.59 Å². The highest BCUT2D eigenvalue weighted by Gasteiger charge is 2.06. The Hall–Kier alpha value is -1.69. The van der Waals surface area contributed by atoms with E-state index in [1.165, 1.54) is 12.6 Å². The number of rotatable bonds is 5. The van der Waals surface area contributed by atoms with Gasteiger partial charge in [-0.3, -0.25) is 4.79 Å². The molecule has 0 bridgehead atoms. The average molecular weight is 281 g/mol. The molecule has 0 aliphatic heterocycles. The fourth-order valence-corrected chi connectivity index (χ4v) is 2.19. The Bertz CT molecular complexity index is 463. The zero-order valence-electron chi connectivity index (χ0n) is 11.4. The molecule has 0 unspecified atom stereocenters. The van der Waals surface area contributed by atoms with Crippen LogP contribution in [-0.2, 0) is 11.3 Å². The van der Waals surface area contributed by atoms with E-state index in [1.807, 2.05) is 25.3 Å². The summed E-state index contributed by atoms with van der Waals surface area (Å²) < 4.78 is 0. The summed E-state index contributed by atoms with van der Waals surface area (Å²) in [6.07, 6.45) is 2.00. The molecule has 1 aromatic rings. The maximum Gasteiger partial charge on any atom is 0.315 e. The standard InChI is InChI=1S/C13H19N3O2S/c1-9-4-5-10(11(6-9)19-3)7-15-13(18)16-8-12(17)14-2/h4-6H,7-8H2,1-3H3,(H,14,17)(H2,15,16,18). The minimum atomic E-state index is -0.351. The van der Waals surface area contributed by atoms with Crippen LogP contribution in [0.5, 0.6) is 0 Å². The Labute approximate surface area is 117 Å². The second kappa shape index (κ2) is 7.68. The summed E-state index contributed by atoms with van der Waals surface area (Å²) in [7, 11) is 1.53. The number of nitrogens with one attached hydrogen (secondary N) is 3. The fourth-order valence-electron chi connectivity index (χ4n) is 1.48. The number of likely N-dealkylation sites (N-methyl/N-ethyl adjacent to an activating group) is 1. The number of benzene rings is 1. The van der Waals surface area contributed by atoms with Gasteiger partial charge in [-0.05, 0) is 30.4 Å². The van der Waals surface area contributed by atoms with Crippen LogP contribution >= 0.6 is 11.8 Å². The predicted molar refractivity (Wildman–Crippen MR) is 77.3 cm³/mol. The monoisotopic (exact) mass is 281 g/mol. The van der Waals surface area contributed by atoms with Gasteiger partial charge in [0.25, 0.3) is 0 Å². The van der Waals surface area contributed by atoms with Crippen LogP contribution in [0.4, 0.5) is 4.79 Å². The van der Waals surface area contributed by atoms with E-state index >= 15 is 0 Å². The molecule has 5 nitrogen and oxygen atoms in total. The number of amides is 3. The molecule has 0 aromatic heterocycles. The number of hydrogen-bond acceptors (Lipinski definition) is 3. The van der Waals surface area contributed by atoms with Gasteiger partial charge in [-0.15, -0.1) is 11.8 Å². The van der Waals surface area contributed by atoms with Crippen LogP contribution in [0, 0.1) is 6.92 Å². The van der Waals surface area contributed by atoms with Crippen molar-refractivity contribution in [2.75, 3.05) is 19.8 Å². The first-order chi connectivity index (χ1) is 9.06. The number of carbonyl (C=O) groups is 2. The molecule has 0 aliphatic carbocycles. The molecule has 0 saturated heterocycles. The Balaban J connectivity index is 2.48. The van der Waals surface area contributed by atoms with Gasteiger partial charge in [0.15, 0.2) is 0 Å². The van der Waals surface area contributed by atoms with Crippen LogP contribution < -0.4 is 16.0 Å². The van der Waals surface area contributed by atoms with Gasteiger partial charge in [-0.1, -0.05) is 12.1 Å². The van der Waals surface area contributed by atoms with E-state index in [0.717, 1.165) is 10.5 Å². The van der Waals surface area contributed by atoms with Crippen molar-refractivity contribution in [2.45, 2.75) is 18.4 Å². The third-order valence-corrected chi connectivity index (χ3v) is 3.39. The molecule has 3 N–H and O–H groups in total. The van der Waals surface area contributed by atoms with Crippen LogP contribution in [0.3, 0.4) is 0 Å². The van der Waals surface area contributed by atoms with Gasteiger partial charge in [0.05, 0.1) is 6.54 Å². The van der Waals surface area contributed by atoms with Crippen LogP contribution in [0.25, 0.3) is 0 Å². The average Bonchev–Trinajstić information content (AvgIpc) is 2.43. The number of hydrogen-bond donors (Lipinski definition) is 3. The maximum atomic E-state index is 11.5. The summed E-state index contributed by atoms with van der Waals surface area (Å²) in [4.78, 5) is 23.6. The molecule has 0 radical (unpaired) electrons. The summed E-state index contributed by atoms with van der Waals surface area (Å²) in [6.45, 7) is 2.45. The van der Waals surface area contributed by atoms with Crippen LogP contribution in [0.2, 0.25) is 0 Å². The molecule has 0 fully saturated rings. The van der Waals surface area contributed by atoms with Gasteiger partial charge in [-0.25, -0.2) is 4.79 Å². The molecular formula is C13H19N3O2S. The number of thioether (sulfide) groups is 1. The second-order valence-electron chi connectivity index (χ2n) is 4.02. The van der Waals surface area contributed by atoms with Crippen LogP contribution in [-0.4, -0.2) is 31.8 Å². The van der Waals surface area contributed by atoms with E-state index in [-0.39, 0.29) is 18.5 Å². The summed E-state index contributed by atoms with van der Waals surface area (Å²) in [6, 6.07) is 5.75. The summed E-state index contributed by atoms with van der Waals surface area (Å²) >= 11 is 1.65. The van der Waals surface area contributed by atoms with Gasteiger partial charge >= 0.3 is 6.03 Å². The van der Waals surface area contributed by atoms with Gasteiger partial charge in [0, 0.05) is 18.5 Å². The lowest BCUT2D eigenvalue weighted by molar-refractivity contribution is -0.119. The predicted octanol–water partition coefficient (Wildman–Crippen LogP) is 1.26. The minimum Gasteiger partial charge on any atom is -0.358 e. The van der Waals surface area contributed by atoms with E-state index < -0.39 is 0 Å². The largest absolute Gasteiger partial charge is 0.358 e. The highest BCUT2D eigenvalue weighted by molar-refractivity contribution is 7.98. The van der Waals surface area contributed by atoms with Crippen LogP contribution in [0.1, 0.15) is 11.1 Å². The van der Waals surface area contributed by atoms with Crippen molar-refractivity contribution in [3.8, 4) is 0 Å². The van der Waals surface area contributed by atoms with E-state index in [2.05, 4.69) is 22.0 Å². The first kappa shape index (κ1) is 15.4. The first-order valence-electron chi connectivity index (χ1n) is 5.92. The van der Waals surface area contributed by atoms with Gasteiger partial charge < -0.3 is 16.0 Å². The van der Waals surface area contributed by atoms with E-state index in [1.54, 1.807) is 11.8 Å². The zero-order chi connectivity index (χ0) is 14.3. The molecule has 0 aliphatic rings. The molecule has 0 saturated carbocycles. The highest BCUT2D eigenvalue weighted by atomic mass is 32.2. The molecule has 3 amide bonds. The molecule has 0 spiro atoms. The van der Waals surface area contributed by atoms with E-state index in [4.69, 9.17) is 0 Å². The van der Waals surface area contributed by atoms with Gasteiger partial charge in [0.1, 0.15) is 0 Å². The normalized spacial score (nSPS) is 9.84. The fraction of sp³-hybridized carbons (Fsp3) is 0.385. The van der Waals surface area contributed by atoms with Crippen molar-refractivity contribution >= 4 is 23.7 Å². The van der Waals surface area contributed by atoms with Crippen LogP contribution in [0.15, 0.2) is 23.1 Å². The van der Waals surface area contributed by atoms with Gasteiger partial charge in [0.2, 0.25) is 5.91 Å². The van der Waals surface area contributed by atoms with Crippen molar-refractivity contribution in [2.24, 2.45) is 0 Å². The Morgan fingerprint density at radius 1 is 1.26 bits per heavy atom. The zero-order valence-corrected chi connectivity index (χ0v) is 12.2. The summed E-state index contributed by atoms with van der Waals surface area (Å²) in [5.74, 6) is -0.227. The quantitative estimate of drug-likeness (QED) is 0.712. The van der Waals surface area contributed by atoms with Crippen molar-refractivity contribution in [1.29, 1.82) is 0 Å². The first-order valence-corrected chi connectivity index (χ1v) is 7.15. The summed E-state index contributed by atoms with van der Waals surface area (Å²) in [5.41, 5.74) is 2.25. The van der Waals surface area contributed by atoms with Crippen molar-refractivity contribution in [3.05, 3.63) is 29.3 Å².